The minimum atomic E-state index is 0.309. The van der Waals surface area contributed by atoms with Gasteiger partial charge in [-0.15, -0.1) is 0 Å². The van der Waals surface area contributed by atoms with Gasteiger partial charge >= 0.3 is 0 Å². The van der Waals surface area contributed by atoms with E-state index in [2.05, 4.69) is 27.4 Å². The minimum Gasteiger partial charge on any atom is -0.339 e. The van der Waals surface area contributed by atoms with E-state index in [1.54, 1.807) is 0 Å². The maximum Gasteiger partial charge on any atom is 0.226 e. The van der Waals surface area contributed by atoms with E-state index in [0.29, 0.717) is 12.0 Å². The Hall–Kier alpha value is -0.940. The zero-order valence-electron chi connectivity index (χ0n) is 11.8. The van der Waals surface area contributed by atoms with Crippen molar-refractivity contribution in [2.75, 3.05) is 26.7 Å². The minimum absolute atomic E-state index is 0.309. The van der Waals surface area contributed by atoms with Gasteiger partial charge in [-0.1, -0.05) is 11.6 Å². The topological polar surface area (TPSA) is 54.2 Å². The van der Waals surface area contributed by atoms with Crippen molar-refractivity contribution in [3.8, 4) is 0 Å². The molecule has 106 valence electrons. The highest BCUT2D eigenvalue weighted by Crippen LogP contribution is 2.23. The molecule has 0 radical (unpaired) electrons. The lowest BCUT2D eigenvalue weighted by Crippen LogP contribution is -2.31. The molecule has 1 unspecified atom stereocenters. The fourth-order valence-electron chi connectivity index (χ4n) is 3.08. The van der Waals surface area contributed by atoms with Crippen LogP contribution in [-0.2, 0) is 6.42 Å². The van der Waals surface area contributed by atoms with Crippen LogP contribution in [0.1, 0.15) is 49.9 Å². The molecule has 0 aromatic carbocycles. The SMILES string of the molecule is CN1CCC(Cc2nc(C3CCCCN3)no2)CC1. The van der Waals surface area contributed by atoms with Crippen LogP contribution in [0.5, 0.6) is 0 Å². The van der Waals surface area contributed by atoms with Crippen LogP contribution >= 0.6 is 0 Å². The van der Waals surface area contributed by atoms with Gasteiger partial charge in [0, 0.05) is 6.42 Å². The van der Waals surface area contributed by atoms with E-state index in [-0.39, 0.29) is 0 Å². The zero-order chi connectivity index (χ0) is 13.1. The number of likely N-dealkylation sites (tertiary alicyclic amines) is 1. The molecule has 1 atom stereocenters. The summed E-state index contributed by atoms with van der Waals surface area (Å²) >= 11 is 0. The normalized spacial score (nSPS) is 26.7. The van der Waals surface area contributed by atoms with Crippen LogP contribution in [-0.4, -0.2) is 41.7 Å². The fraction of sp³-hybridized carbons (Fsp3) is 0.857. The smallest absolute Gasteiger partial charge is 0.226 e. The lowest BCUT2D eigenvalue weighted by molar-refractivity contribution is 0.208. The number of nitrogens with zero attached hydrogens (tertiary/aromatic N) is 3. The first-order chi connectivity index (χ1) is 9.31. The molecule has 0 aliphatic carbocycles. The van der Waals surface area contributed by atoms with Gasteiger partial charge < -0.3 is 14.7 Å². The van der Waals surface area contributed by atoms with E-state index in [1.807, 2.05) is 0 Å². The second-order valence-corrected chi connectivity index (χ2v) is 6.00. The molecule has 5 heteroatoms. The molecule has 0 saturated carbocycles. The monoisotopic (exact) mass is 264 g/mol. The van der Waals surface area contributed by atoms with Gasteiger partial charge in [0.2, 0.25) is 5.89 Å². The molecule has 2 aliphatic rings. The number of nitrogens with one attached hydrogen (secondary N) is 1. The number of hydrogen-bond acceptors (Lipinski definition) is 5. The third-order valence-corrected chi connectivity index (χ3v) is 4.41. The number of piperidine rings is 2. The zero-order valence-corrected chi connectivity index (χ0v) is 11.8. The van der Waals surface area contributed by atoms with Crippen molar-refractivity contribution in [2.45, 2.75) is 44.6 Å². The summed E-state index contributed by atoms with van der Waals surface area (Å²) in [5, 5.41) is 7.63. The summed E-state index contributed by atoms with van der Waals surface area (Å²) < 4.78 is 5.43. The number of hydrogen-bond donors (Lipinski definition) is 1. The molecule has 0 amide bonds. The molecule has 5 nitrogen and oxygen atoms in total. The average Bonchev–Trinajstić information content (AvgIpc) is 2.91. The van der Waals surface area contributed by atoms with Crippen LogP contribution < -0.4 is 5.32 Å². The Morgan fingerprint density at radius 1 is 1.26 bits per heavy atom. The lowest BCUT2D eigenvalue weighted by Gasteiger charge is -2.27. The first kappa shape index (κ1) is 13.1. The van der Waals surface area contributed by atoms with E-state index in [0.717, 1.165) is 31.1 Å². The first-order valence-electron chi connectivity index (χ1n) is 7.55. The molecular formula is C14H24N4O. The Labute approximate surface area is 114 Å². The van der Waals surface area contributed by atoms with Gasteiger partial charge in [-0.05, 0) is 58.3 Å². The van der Waals surface area contributed by atoms with Crippen molar-refractivity contribution in [3.05, 3.63) is 11.7 Å². The summed E-state index contributed by atoms with van der Waals surface area (Å²) in [5.74, 6) is 2.41. The van der Waals surface area contributed by atoms with Gasteiger partial charge in [-0.25, -0.2) is 0 Å². The third-order valence-electron chi connectivity index (χ3n) is 4.41. The average molecular weight is 264 g/mol. The Bertz CT molecular complexity index is 392. The summed E-state index contributed by atoms with van der Waals surface area (Å²) in [4.78, 5) is 6.98. The Morgan fingerprint density at radius 3 is 2.84 bits per heavy atom. The lowest BCUT2D eigenvalue weighted by atomic mass is 9.94. The predicted molar refractivity (Wildman–Crippen MR) is 72.8 cm³/mol. The van der Waals surface area contributed by atoms with Crippen molar-refractivity contribution in [2.24, 2.45) is 5.92 Å². The van der Waals surface area contributed by atoms with Gasteiger partial charge in [-0.3, -0.25) is 0 Å². The highest BCUT2D eigenvalue weighted by Gasteiger charge is 2.23. The third kappa shape index (κ3) is 3.34. The molecule has 3 rings (SSSR count). The van der Waals surface area contributed by atoms with Crippen molar-refractivity contribution >= 4 is 0 Å². The largest absolute Gasteiger partial charge is 0.339 e. The standard InChI is InChI=1S/C14H24N4O/c1-18-8-5-11(6-9-18)10-13-16-14(17-19-13)12-4-2-3-7-15-12/h11-12,15H,2-10H2,1H3. The van der Waals surface area contributed by atoms with Crippen LogP contribution in [0, 0.1) is 5.92 Å². The number of rotatable bonds is 3. The summed E-state index contributed by atoms with van der Waals surface area (Å²) in [5.41, 5.74) is 0. The van der Waals surface area contributed by atoms with Crippen molar-refractivity contribution in [1.29, 1.82) is 0 Å². The van der Waals surface area contributed by atoms with E-state index in [9.17, 15) is 0 Å². The van der Waals surface area contributed by atoms with Crippen molar-refractivity contribution in [1.82, 2.24) is 20.4 Å². The van der Waals surface area contributed by atoms with E-state index in [1.165, 1.54) is 38.8 Å². The first-order valence-corrected chi connectivity index (χ1v) is 7.55. The van der Waals surface area contributed by atoms with Crippen molar-refractivity contribution < 1.29 is 4.52 Å². The van der Waals surface area contributed by atoms with Crippen LogP contribution in [0.4, 0.5) is 0 Å². The van der Waals surface area contributed by atoms with Gasteiger partial charge in [0.25, 0.3) is 0 Å². The van der Waals surface area contributed by atoms with E-state index < -0.39 is 0 Å². The summed E-state index contributed by atoms with van der Waals surface area (Å²) in [6.45, 7) is 3.45. The Kier molecular flexibility index (Phi) is 4.13. The Balaban J connectivity index is 1.55. The molecule has 1 N–H and O–H groups in total. The van der Waals surface area contributed by atoms with Crippen LogP contribution in [0.2, 0.25) is 0 Å². The predicted octanol–water partition coefficient (Wildman–Crippen LogP) is 1.77. The van der Waals surface area contributed by atoms with Crippen LogP contribution in [0.15, 0.2) is 4.52 Å². The maximum atomic E-state index is 5.43. The Morgan fingerprint density at radius 2 is 2.11 bits per heavy atom. The second kappa shape index (κ2) is 6.01. The van der Waals surface area contributed by atoms with Gasteiger partial charge in [0.1, 0.15) is 0 Å². The molecule has 0 bridgehead atoms. The van der Waals surface area contributed by atoms with Gasteiger partial charge in [-0.2, -0.15) is 4.98 Å². The molecule has 2 fully saturated rings. The summed E-state index contributed by atoms with van der Waals surface area (Å²) in [6, 6.07) is 0.309. The molecule has 1 aromatic rings. The molecule has 2 aliphatic heterocycles. The van der Waals surface area contributed by atoms with Crippen molar-refractivity contribution in [3.63, 3.8) is 0 Å². The molecule has 19 heavy (non-hydrogen) atoms. The van der Waals surface area contributed by atoms with E-state index in [4.69, 9.17) is 4.52 Å². The molecule has 2 saturated heterocycles. The summed E-state index contributed by atoms with van der Waals surface area (Å²) in [7, 11) is 2.19. The van der Waals surface area contributed by atoms with Crippen LogP contribution in [0.3, 0.4) is 0 Å². The maximum absolute atomic E-state index is 5.43. The molecule has 1 aromatic heterocycles. The van der Waals surface area contributed by atoms with E-state index >= 15 is 0 Å². The highest BCUT2D eigenvalue weighted by atomic mass is 16.5. The number of aromatic nitrogens is 2. The van der Waals surface area contributed by atoms with Gasteiger partial charge in [0.15, 0.2) is 5.82 Å². The molecule has 0 spiro atoms. The molecular weight excluding hydrogens is 240 g/mol. The van der Waals surface area contributed by atoms with Crippen LogP contribution in [0.25, 0.3) is 0 Å². The second-order valence-electron chi connectivity index (χ2n) is 6.00. The summed E-state index contributed by atoms with van der Waals surface area (Å²) in [6.07, 6.45) is 7.10. The molecule has 3 heterocycles. The highest BCUT2D eigenvalue weighted by molar-refractivity contribution is 4.96. The fourth-order valence-corrected chi connectivity index (χ4v) is 3.08. The van der Waals surface area contributed by atoms with Gasteiger partial charge in [0.05, 0.1) is 6.04 Å². The quantitative estimate of drug-likeness (QED) is 0.901.